The molecule has 1 aliphatic carbocycles. The Morgan fingerprint density at radius 3 is 2.75 bits per heavy atom. The van der Waals surface area contributed by atoms with E-state index in [0.717, 1.165) is 11.1 Å². The number of Topliss-reactive ketones (excluding diaryl/α,β-unsaturated/α-hetero) is 1. The average molecular weight is 336 g/mol. The maximum absolute atomic E-state index is 13.5. The number of nitrogens with two attached hydrogens (primary N) is 1. The van der Waals surface area contributed by atoms with Crippen LogP contribution in [0.25, 0.3) is 0 Å². The Hall–Kier alpha value is -1.82. The van der Waals surface area contributed by atoms with Crippen molar-refractivity contribution in [1.29, 1.82) is 0 Å². The molecule has 0 bridgehead atoms. The molecule has 1 aliphatic heterocycles. The second-order valence-electron chi connectivity index (χ2n) is 6.75. The second-order valence-corrected chi connectivity index (χ2v) is 6.75. The number of carbonyl (C=O) groups excluding carboxylic acids is 2. The molecule has 0 aromatic heterocycles. The molecule has 1 aromatic carbocycles. The highest BCUT2D eigenvalue weighted by Crippen LogP contribution is 2.37. The molecule has 1 amide bonds. The Bertz CT molecular complexity index is 663. The van der Waals surface area contributed by atoms with Gasteiger partial charge in [0.2, 0.25) is 5.91 Å². The highest BCUT2D eigenvalue weighted by Gasteiger charge is 2.31. The van der Waals surface area contributed by atoms with Gasteiger partial charge in [0.25, 0.3) is 0 Å². The van der Waals surface area contributed by atoms with Crippen molar-refractivity contribution >= 4 is 11.7 Å². The molecule has 0 spiro atoms. The van der Waals surface area contributed by atoms with Gasteiger partial charge in [0.15, 0.2) is 11.6 Å². The largest absolute Gasteiger partial charge is 0.342 e. The number of fused-ring (bicyclic) bond motifs is 1. The van der Waals surface area contributed by atoms with E-state index in [-0.39, 0.29) is 24.0 Å². The lowest BCUT2D eigenvalue weighted by Crippen LogP contribution is -2.38. The van der Waals surface area contributed by atoms with Gasteiger partial charge in [-0.25, -0.2) is 8.78 Å². The molecule has 24 heavy (non-hydrogen) atoms. The normalized spacial score (nSPS) is 22.2. The molecule has 2 N–H and O–H groups in total. The first-order chi connectivity index (χ1) is 11.5. The van der Waals surface area contributed by atoms with Gasteiger partial charge in [0, 0.05) is 44.3 Å². The van der Waals surface area contributed by atoms with E-state index in [2.05, 4.69) is 0 Å². The maximum atomic E-state index is 13.5. The molecule has 1 aromatic rings. The third kappa shape index (κ3) is 3.48. The third-order valence-electron chi connectivity index (χ3n) is 5.13. The fourth-order valence-corrected chi connectivity index (χ4v) is 3.76. The summed E-state index contributed by atoms with van der Waals surface area (Å²) in [5.41, 5.74) is 7.73. The molecule has 2 atom stereocenters. The molecule has 0 radical (unpaired) electrons. The summed E-state index contributed by atoms with van der Waals surface area (Å²) in [7, 11) is 0. The maximum Gasteiger partial charge on any atom is 0.224 e. The van der Waals surface area contributed by atoms with Crippen molar-refractivity contribution in [2.45, 2.75) is 50.5 Å². The third-order valence-corrected chi connectivity index (χ3v) is 5.13. The standard InChI is InChI=1S/C18H22F2N2O2/c19-15-8-11-3-4-13(14(11)9-16(15)20)17(21)10-18(24)22-6-1-2-12(23)5-7-22/h8-9,13,17H,1-7,10,21H2. The number of benzene rings is 1. The van der Waals surface area contributed by atoms with Crippen LogP contribution in [-0.4, -0.2) is 35.7 Å². The number of likely N-dealkylation sites (tertiary alicyclic amines) is 1. The number of aryl methyl sites for hydroxylation is 1. The summed E-state index contributed by atoms with van der Waals surface area (Å²) in [6.07, 6.45) is 3.13. The molecule has 6 heteroatoms. The number of amides is 1. The molecule has 4 nitrogen and oxygen atoms in total. The minimum atomic E-state index is -0.870. The second kappa shape index (κ2) is 6.97. The van der Waals surface area contributed by atoms with Gasteiger partial charge in [-0.1, -0.05) is 0 Å². The zero-order valence-corrected chi connectivity index (χ0v) is 13.6. The minimum absolute atomic E-state index is 0.0618. The van der Waals surface area contributed by atoms with Crippen molar-refractivity contribution in [3.8, 4) is 0 Å². The predicted molar refractivity (Wildman–Crippen MR) is 85.5 cm³/mol. The van der Waals surface area contributed by atoms with E-state index in [1.165, 1.54) is 12.1 Å². The van der Waals surface area contributed by atoms with Crippen LogP contribution >= 0.6 is 0 Å². The predicted octanol–water partition coefficient (Wildman–Crippen LogP) is 2.29. The van der Waals surface area contributed by atoms with Crippen LogP contribution in [0.5, 0.6) is 0 Å². The highest BCUT2D eigenvalue weighted by molar-refractivity contribution is 5.81. The van der Waals surface area contributed by atoms with Crippen molar-refractivity contribution in [3.63, 3.8) is 0 Å². The smallest absolute Gasteiger partial charge is 0.224 e. The topological polar surface area (TPSA) is 63.4 Å². The van der Waals surface area contributed by atoms with Crippen molar-refractivity contribution in [1.82, 2.24) is 4.90 Å². The van der Waals surface area contributed by atoms with Gasteiger partial charge in [-0.15, -0.1) is 0 Å². The van der Waals surface area contributed by atoms with Crippen LogP contribution in [0.1, 0.15) is 49.1 Å². The SMILES string of the molecule is NC(CC(=O)N1CCCC(=O)CC1)C1CCc2cc(F)c(F)cc21. The van der Waals surface area contributed by atoms with E-state index in [0.29, 0.717) is 45.2 Å². The highest BCUT2D eigenvalue weighted by atomic mass is 19.2. The quantitative estimate of drug-likeness (QED) is 0.921. The van der Waals surface area contributed by atoms with E-state index in [1.807, 2.05) is 0 Å². The summed E-state index contributed by atoms with van der Waals surface area (Å²) < 4.78 is 26.9. The van der Waals surface area contributed by atoms with Crippen LogP contribution in [-0.2, 0) is 16.0 Å². The lowest BCUT2D eigenvalue weighted by molar-refractivity contribution is -0.131. The van der Waals surface area contributed by atoms with Crippen molar-refractivity contribution in [3.05, 3.63) is 34.9 Å². The monoisotopic (exact) mass is 336 g/mol. The number of halogens is 2. The summed E-state index contributed by atoms with van der Waals surface area (Å²) in [6.45, 7) is 1.03. The van der Waals surface area contributed by atoms with Crippen molar-refractivity contribution in [2.75, 3.05) is 13.1 Å². The van der Waals surface area contributed by atoms with E-state index in [9.17, 15) is 18.4 Å². The zero-order valence-electron chi connectivity index (χ0n) is 13.6. The molecule has 1 heterocycles. The molecule has 1 fully saturated rings. The number of rotatable bonds is 3. The molecule has 0 saturated carbocycles. The first kappa shape index (κ1) is 17.0. The lowest BCUT2D eigenvalue weighted by atomic mass is 9.91. The van der Waals surface area contributed by atoms with Crippen LogP contribution in [0, 0.1) is 11.6 Å². The molecule has 3 rings (SSSR count). The summed E-state index contributed by atoms with van der Waals surface area (Å²) in [6, 6.07) is 2.03. The zero-order chi connectivity index (χ0) is 17.3. The van der Waals surface area contributed by atoms with Crippen molar-refractivity contribution in [2.24, 2.45) is 5.73 Å². The fraction of sp³-hybridized carbons (Fsp3) is 0.556. The molecular formula is C18H22F2N2O2. The van der Waals surface area contributed by atoms with Gasteiger partial charge < -0.3 is 10.6 Å². The van der Waals surface area contributed by atoms with E-state index in [4.69, 9.17) is 5.73 Å². The van der Waals surface area contributed by atoms with E-state index >= 15 is 0 Å². The number of nitrogens with zero attached hydrogens (tertiary/aromatic N) is 1. The Kier molecular flexibility index (Phi) is 4.94. The van der Waals surface area contributed by atoms with Gasteiger partial charge in [-0.05, 0) is 42.5 Å². The summed E-state index contributed by atoms with van der Waals surface area (Å²) in [5.74, 6) is -1.71. The number of hydrogen-bond donors (Lipinski definition) is 1. The van der Waals surface area contributed by atoms with Crippen LogP contribution in [0.4, 0.5) is 8.78 Å². The van der Waals surface area contributed by atoms with Gasteiger partial charge in [-0.3, -0.25) is 9.59 Å². The number of carbonyl (C=O) groups is 2. The summed E-state index contributed by atoms with van der Waals surface area (Å²) in [4.78, 5) is 25.6. The Morgan fingerprint density at radius 1 is 1.21 bits per heavy atom. The van der Waals surface area contributed by atoms with Gasteiger partial charge in [0.05, 0.1) is 0 Å². The minimum Gasteiger partial charge on any atom is -0.342 e. The Labute approximate surface area is 140 Å². The van der Waals surface area contributed by atoms with Gasteiger partial charge in [0.1, 0.15) is 5.78 Å². The van der Waals surface area contributed by atoms with E-state index in [1.54, 1.807) is 4.90 Å². The van der Waals surface area contributed by atoms with Crippen LogP contribution in [0.2, 0.25) is 0 Å². The lowest BCUT2D eigenvalue weighted by Gasteiger charge is -2.25. The molecular weight excluding hydrogens is 314 g/mol. The molecule has 2 unspecified atom stereocenters. The Morgan fingerprint density at radius 2 is 1.96 bits per heavy atom. The first-order valence-corrected chi connectivity index (χ1v) is 8.48. The molecule has 130 valence electrons. The van der Waals surface area contributed by atoms with Gasteiger partial charge in [-0.2, -0.15) is 0 Å². The summed E-state index contributed by atoms with van der Waals surface area (Å²) in [5, 5.41) is 0. The molecule has 2 aliphatic rings. The number of ketones is 1. The van der Waals surface area contributed by atoms with E-state index < -0.39 is 17.7 Å². The van der Waals surface area contributed by atoms with Crippen LogP contribution in [0.15, 0.2) is 12.1 Å². The first-order valence-electron chi connectivity index (χ1n) is 8.48. The van der Waals surface area contributed by atoms with Crippen LogP contribution in [0.3, 0.4) is 0 Å². The average Bonchev–Trinajstić information content (AvgIpc) is 2.80. The van der Waals surface area contributed by atoms with Crippen LogP contribution < -0.4 is 5.73 Å². The fourth-order valence-electron chi connectivity index (χ4n) is 3.76. The Balaban J connectivity index is 1.66. The number of hydrogen-bond acceptors (Lipinski definition) is 3. The summed E-state index contributed by atoms with van der Waals surface area (Å²) >= 11 is 0. The van der Waals surface area contributed by atoms with Crippen molar-refractivity contribution < 1.29 is 18.4 Å². The van der Waals surface area contributed by atoms with Gasteiger partial charge >= 0.3 is 0 Å². The molecule has 1 saturated heterocycles.